The van der Waals surface area contributed by atoms with Crippen molar-refractivity contribution < 1.29 is 0 Å². The Hall–Kier alpha value is -2.21. The van der Waals surface area contributed by atoms with Crippen molar-refractivity contribution in [3.8, 4) is 0 Å². The van der Waals surface area contributed by atoms with E-state index in [1.165, 1.54) is 6.33 Å². The lowest BCUT2D eigenvalue weighted by molar-refractivity contribution is 0.751. The fraction of sp³-hybridized carbons (Fsp3) is 0.167. The summed E-state index contributed by atoms with van der Waals surface area (Å²) in [5.41, 5.74) is 2.91. The number of benzene rings is 1. The normalized spacial score (nSPS) is 10.9. The third-order valence-corrected chi connectivity index (χ3v) is 3.11. The summed E-state index contributed by atoms with van der Waals surface area (Å²) >= 11 is 5.71. The fourth-order valence-corrected chi connectivity index (χ4v) is 2.00. The molecule has 0 aliphatic carbocycles. The van der Waals surface area contributed by atoms with Crippen molar-refractivity contribution in [1.29, 1.82) is 0 Å². The van der Waals surface area contributed by atoms with E-state index >= 15 is 0 Å². The Morgan fingerprint density at radius 3 is 2.89 bits per heavy atom. The molecule has 1 N–H and O–H groups in total. The summed E-state index contributed by atoms with van der Waals surface area (Å²) in [6.07, 6.45) is 1.36. The smallest absolute Gasteiger partial charge is 0.231 e. The highest BCUT2D eigenvalue weighted by Crippen LogP contribution is 2.22. The second kappa shape index (κ2) is 4.47. The zero-order valence-electron chi connectivity index (χ0n) is 10.4. The summed E-state index contributed by atoms with van der Waals surface area (Å²) in [5, 5.41) is 8.79. The first-order valence-corrected chi connectivity index (χ1v) is 6.06. The molecule has 0 fully saturated rings. The zero-order valence-corrected chi connectivity index (χ0v) is 11.2. The molecule has 96 valence electrons. The molecule has 3 rings (SSSR count). The van der Waals surface area contributed by atoms with E-state index in [9.17, 15) is 0 Å². The highest BCUT2D eigenvalue weighted by molar-refractivity contribution is 6.28. The van der Waals surface area contributed by atoms with Crippen LogP contribution in [0.2, 0.25) is 5.28 Å². The third kappa shape index (κ3) is 2.22. The van der Waals surface area contributed by atoms with Crippen LogP contribution >= 0.6 is 11.6 Å². The van der Waals surface area contributed by atoms with Gasteiger partial charge in [-0.05, 0) is 36.7 Å². The minimum absolute atomic E-state index is 0.159. The topological polar surface area (TPSA) is 68.5 Å². The zero-order chi connectivity index (χ0) is 13.4. The van der Waals surface area contributed by atoms with E-state index in [-0.39, 0.29) is 5.28 Å². The Morgan fingerprint density at radius 1 is 1.26 bits per heavy atom. The van der Waals surface area contributed by atoms with Gasteiger partial charge in [0.15, 0.2) is 0 Å². The van der Waals surface area contributed by atoms with E-state index in [4.69, 9.17) is 11.6 Å². The number of hydrogen-bond acceptors (Lipinski definition) is 5. The lowest BCUT2D eigenvalue weighted by Gasteiger charge is -2.03. The Morgan fingerprint density at radius 2 is 2.11 bits per heavy atom. The number of halogens is 1. The molecule has 0 aliphatic heterocycles. The van der Waals surface area contributed by atoms with Gasteiger partial charge in [-0.1, -0.05) is 0 Å². The van der Waals surface area contributed by atoms with Gasteiger partial charge in [0.05, 0.1) is 5.52 Å². The van der Waals surface area contributed by atoms with Crippen LogP contribution in [0.5, 0.6) is 0 Å². The Kier molecular flexibility index (Phi) is 2.79. The fourth-order valence-electron chi connectivity index (χ4n) is 1.87. The number of aryl methyl sites for hydroxylation is 2. The lowest BCUT2D eigenvalue weighted by atomic mass is 10.2. The monoisotopic (exact) mass is 274 g/mol. The molecule has 0 saturated heterocycles. The summed E-state index contributed by atoms with van der Waals surface area (Å²) < 4.78 is 1.86. The molecule has 19 heavy (non-hydrogen) atoms. The molecule has 0 unspecified atom stereocenters. The maximum atomic E-state index is 5.71. The van der Waals surface area contributed by atoms with Crippen LogP contribution in [0.4, 0.5) is 11.6 Å². The van der Waals surface area contributed by atoms with Crippen LogP contribution < -0.4 is 5.32 Å². The van der Waals surface area contributed by atoms with Gasteiger partial charge in [-0.3, -0.25) is 4.68 Å². The maximum Gasteiger partial charge on any atom is 0.231 e. The van der Waals surface area contributed by atoms with Crippen LogP contribution in [-0.2, 0) is 7.05 Å². The average Bonchev–Trinajstić information content (AvgIpc) is 2.65. The van der Waals surface area contributed by atoms with Crippen molar-refractivity contribution in [3.63, 3.8) is 0 Å². The van der Waals surface area contributed by atoms with Crippen molar-refractivity contribution in [1.82, 2.24) is 24.7 Å². The van der Waals surface area contributed by atoms with E-state index in [1.807, 2.05) is 36.9 Å². The molecule has 2 aromatic heterocycles. The van der Waals surface area contributed by atoms with Gasteiger partial charge in [0.25, 0.3) is 0 Å². The largest absolute Gasteiger partial charge is 0.324 e. The van der Waals surface area contributed by atoms with Gasteiger partial charge in [0, 0.05) is 23.8 Å². The molecule has 0 bridgehead atoms. The third-order valence-electron chi connectivity index (χ3n) is 2.93. The first-order valence-electron chi connectivity index (χ1n) is 5.68. The van der Waals surface area contributed by atoms with Gasteiger partial charge >= 0.3 is 0 Å². The predicted octanol–water partition coefficient (Wildman–Crippen LogP) is 2.46. The number of hydrogen-bond donors (Lipinski definition) is 1. The Balaban J connectivity index is 1.97. The minimum atomic E-state index is 0.159. The first kappa shape index (κ1) is 11.9. The van der Waals surface area contributed by atoms with E-state index in [2.05, 4.69) is 25.4 Å². The predicted molar refractivity (Wildman–Crippen MR) is 73.6 cm³/mol. The highest BCUT2D eigenvalue weighted by Gasteiger charge is 2.06. The average molecular weight is 275 g/mol. The Bertz CT molecular complexity index is 751. The van der Waals surface area contributed by atoms with Crippen LogP contribution in [-0.4, -0.2) is 24.7 Å². The van der Waals surface area contributed by atoms with Gasteiger partial charge in [0.1, 0.15) is 6.33 Å². The van der Waals surface area contributed by atoms with E-state index in [0.29, 0.717) is 5.95 Å². The molecule has 7 heteroatoms. The van der Waals surface area contributed by atoms with Gasteiger partial charge in [0.2, 0.25) is 11.2 Å². The standard InChI is InChI=1S/C12H11ClN6/c1-7-9-4-3-8(5-10(9)18-19(7)2)16-12-15-6-14-11(13)17-12/h3-6H,1-2H3,(H,14,15,16,17). The first-order chi connectivity index (χ1) is 9.13. The van der Waals surface area contributed by atoms with Crippen LogP contribution in [0.1, 0.15) is 5.69 Å². The molecule has 0 atom stereocenters. The molecule has 0 aliphatic rings. The van der Waals surface area contributed by atoms with Gasteiger partial charge in [-0.2, -0.15) is 10.1 Å². The summed E-state index contributed by atoms with van der Waals surface area (Å²) in [6.45, 7) is 2.04. The van der Waals surface area contributed by atoms with E-state index < -0.39 is 0 Å². The molecule has 3 aromatic rings. The van der Waals surface area contributed by atoms with E-state index in [1.54, 1.807) is 0 Å². The second-order valence-electron chi connectivity index (χ2n) is 4.14. The molecule has 0 radical (unpaired) electrons. The molecule has 1 aromatic carbocycles. The Labute approximate surface area is 114 Å². The number of rotatable bonds is 2. The summed E-state index contributed by atoms with van der Waals surface area (Å²) in [4.78, 5) is 11.7. The molecular weight excluding hydrogens is 264 g/mol. The van der Waals surface area contributed by atoms with Crippen LogP contribution in [0.25, 0.3) is 10.9 Å². The number of aromatic nitrogens is 5. The summed E-state index contributed by atoms with van der Waals surface area (Å²) in [7, 11) is 1.92. The van der Waals surface area contributed by atoms with Crippen molar-refractivity contribution >= 4 is 34.1 Å². The number of nitrogens with one attached hydrogen (secondary N) is 1. The van der Waals surface area contributed by atoms with Crippen molar-refractivity contribution in [2.45, 2.75) is 6.92 Å². The minimum Gasteiger partial charge on any atom is -0.324 e. The molecule has 6 nitrogen and oxygen atoms in total. The van der Waals surface area contributed by atoms with Crippen molar-refractivity contribution in [3.05, 3.63) is 35.5 Å². The van der Waals surface area contributed by atoms with E-state index in [0.717, 1.165) is 22.3 Å². The van der Waals surface area contributed by atoms with Crippen LogP contribution in [0.3, 0.4) is 0 Å². The molecular formula is C12H11ClN6. The molecule has 0 amide bonds. The van der Waals surface area contributed by atoms with Crippen LogP contribution in [0.15, 0.2) is 24.5 Å². The van der Waals surface area contributed by atoms with Gasteiger partial charge < -0.3 is 5.32 Å². The summed E-state index contributed by atoms with van der Waals surface area (Å²) in [5.74, 6) is 0.409. The van der Waals surface area contributed by atoms with Crippen LogP contribution in [0, 0.1) is 6.92 Å². The molecule has 0 saturated carbocycles. The van der Waals surface area contributed by atoms with Gasteiger partial charge in [-0.15, -0.1) is 0 Å². The van der Waals surface area contributed by atoms with Gasteiger partial charge in [-0.25, -0.2) is 9.97 Å². The second-order valence-corrected chi connectivity index (χ2v) is 4.48. The lowest BCUT2D eigenvalue weighted by Crippen LogP contribution is -1.97. The highest BCUT2D eigenvalue weighted by atomic mass is 35.5. The van der Waals surface area contributed by atoms with Crippen molar-refractivity contribution in [2.24, 2.45) is 7.05 Å². The maximum absolute atomic E-state index is 5.71. The number of nitrogens with zero attached hydrogens (tertiary/aromatic N) is 5. The number of anilines is 2. The van der Waals surface area contributed by atoms with Crippen molar-refractivity contribution in [2.75, 3.05) is 5.32 Å². The summed E-state index contributed by atoms with van der Waals surface area (Å²) in [6, 6.07) is 5.91. The number of fused-ring (bicyclic) bond motifs is 1. The molecule has 2 heterocycles. The SMILES string of the molecule is Cc1c2ccc(Nc3ncnc(Cl)n3)cc2nn1C. The molecule has 0 spiro atoms. The quantitative estimate of drug-likeness (QED) is 0.777.